The number of hydrogen-bond acceptors (Lipinski definition) is 5. The monoisotopic (exact) mass is 415 g/mol. The van der Waals surface area contributed by atoms with Gasteiger partial charge in [0, 0.05) is 16.8 Å². The third kappa shape index (κ3) is 3.53. The Morgan fingerprint density at radius 1 is 1.07 bits per heavy atom. The van der Waals surface area contributed by atoms with Crippen LogP contribution in [0.15, 0.2) is 65.7 Å². The Morgan fingerprint density at radius 2 is 1.89 bits per heavy atom. The van der Waals surface area contributed by atoms with E-state index in [-0.39, 0.29) is 4.90 Å². The molecule has 4 rings (SSSR count). The van der Waals surface area contributed by atoms with Gasteiger partial charge in [-0.15, -0.1) is 0 Å². The second kappa shape index (κ2) is 6.92. The van der Waals surface area contributed by atoms with Crippen molar-refractivity contribution >= 4 is 49.0 Å². The van der Waals surface area contributed by atoms with Crippen molar-refractivity contribution in [3.63, 3.8) is 0 Å². The van der Waals surface area contributed by atoms with Crippen LogP contribution in [-0.4, -0.2) is 18.4 Å². The van der Waals surface area contributed by atoms with Gasteiger partial charge in [-0.3, -0.25) is 4.72 Å². The van der Waals surface area contributed by atoms with Crippen molar-refractivity contribution in [2.24, 2.45) is 0 Å². The van der Waals surface area contributed by atoms with Gasteiger partial charge in [-0.05, 0) is 48.9 Å². The molecule has 0 saturated heterocycles. The SMILES string of the molecule is Cc1c(NS(=O)(=O)c2cccc(Cl)c2)cccc1-c1nc2cccnc2s1. The lowest BCUT2D eigenvalue weighted by Gasteiger charge is -2.13. The number of fused-ring (bicyclic) bond motifs is 1. The zero-order chi connectivity index (χ0) is 19.0. The number of nitrogens with zero attached hydrogens (tertiary/aromatic N) is 2. The lowest BCUT2D eigenvalue weighted by molar-refractivity contribution is 0.601. The van der Waals surface area contributed by atoms with Gasteiger partial charge in [-0.25, -0.2) is 18.4 Å². The molecule has 5 nitrogen and oxygen atoms in total. The van der Waals surface area contributed by atoms with Crippen LogP contribution in [0.25, 0.3) is 20.9 Å². The number of pyridine rings is 1. The average molecular weight is 416 g/mol. The van der Waals surface area contributed by atoms with Gasteiger partial charge in [0.1, 0.15) is 15.4 Å². The van der Waals surface area contributed by atoms with E-state index in [4.69, 9.17) is 11.6 Å². The molecule has 0 unspecified atom stereocenters. The molecule has 8 heteroatoms. The molecule has 0 spiro atoms. The zero-order valence-corrected chi connectivity index (χ0v) is 16.6. The van der Waals surface area contributed by atoms with Crippen LogP contribution in [0.3, 0.4) is 0 Å². The fourth-order valence-electron chi connectivity index (χ4n) is 2.70. The molecule has 136 valence electrons. The minimum atomic E-state index is -3.75. The second-order valence-corrected chi connectivity index (χ2v) is 8.98. The third-order valence-electron chi connectivity index (χ3n) is 4.08. The van der Waals surface area contributed by atoms with E-state index in [0.29, 0.717) is 10.7 Å². The average Bonchev–Trinajstić information content (AvgIpc) is 3.07. The molecule has 0 bridgehead atoms. The first-order valence-electron chi connectivity index (χ1n) is 8.04. The van der Waals surface area contributed by atoms with Crippen LogP contribution in [0.1, 0.15) is 5.56 Å². The molecule has 0 aliphatic rings. The Kier molecular flexibility index (Phi) is 4.59. The van der Waals surface area contributed by atoms with Crippen molar-refractivity contribution in [3.8, 4) is 10.6 Å². The normalized spacial score (nSPS) is 11.6. The van der Waals surface area contributed by atoms with E-state index in [9.17, 15) is 8.42 Å². The fraction of sp³-hybridized carbons (Fsp3) is 0.0526. The highest BCUT2D eigenvalue weighted by atomic mass is 35.5. The molecule has 1 N–H and O–H groups in total. The van der Waals surface area contributed by atoms with E-state index in [2.05, 4.69) is 14.7 Å². The first kappa shape index (κ1) is 17.9. The van der Waals surface area contributed by atoms with Crippen LogP contribution in [0.5, 0.6) is 0 Å². The minimum absolute atomic E-state index is 0.115. The Labute approximate surface area is 165 Å². The standard InChI is InChI=1S/C19H14ClN3O2S2/c1-12-15(18-22-17-9-4-10-21-19(17)26-18)7-3-8-16(12)23-27(24,25)14-6-2-5-13(20)11-14/h2-11,23H,1H3. The lowest BCUT2D eigenvalue weighted by Crippen LogP contribution is -2.14. The third-order valence-corrected chi connectivity index (χ3v) is 6.69. The van der Waals surface area contributed by atoms with Crippen LogP contribution in [0.4, 0.5) is 5.69 Å². The Bertz CT molecular complexity index is 1220. The summed E-state index contributed by atoms with van der Waals surface area (Å²) in [5.74, 6) is 0. The number of aromatic nitrogens is 2. The van der Waals surface area contributed by atoms with Crippen molar-refractivity contribution in [3.05, 3.63) is 71.4 Å². The zero-order valence-electron chi connectivity index (χ0n) is 14.2. The maximum absolute atomic E-state index is 12.7. The van der Waals surface area contributed by atoms with E-state index in [1.807, 2.05) is 25.1 Å². The number of benzene rings is 2. The quantitative estimate of drug-likeness (QED) is 0.502. The molecule has 27 heavy (non-hydrogen) atoms. The van der Waals surface area contributed by atoms with Gasteiger partial charge in [-0.1, -0.05) is 41.1 Å². The number of halogens is 1. The highest BCUT2D eigenvalue weighted by molar-refractivity contribution is 7.92. The van der Waals surface area contributed by atoms with Gasteiger partial charge >= 0.3 is 0 Å². The van der Waals surface area contributed by atoms with Gasteiger partial charge in [0.25, 0.3) is 10.0 Å². The van der Waals surface area contributed by atoms with Gasteiger partial charge in [0.2, 0.25) is 0 Å². The molecule has 4 aromatic rings. The van der Waals surface area contributed by atoms with Gasteiger partial charge in [-0.2, -0.15) is 0 Å². The van der Waals surface area contributed by atoms with Crippen LogP contribution in [0, 0.1) is 6.92 Å². The lowest BCUT2D eigenvalue weighted by atomic mass is 10.1. The molecule has 0 radical (unpaired) electrons. The first-order valence-corrected chi connectivity index (χ1v) is 10.7. The first-order chi connectivity index (χ1) is 12.9. The Morgan fingerprint density at radius 3 is 2.67 bits per heavy atom. The van der Waals surface area contributed by atoms with Gasteiger partial charge in [0.15, 0.2) is 0 Å². The molecular formula is C19H14ClN3O2S2. The van der Waals surface area contributed by atoms with E-state index in [1.165, 1.54) is 23.5 Å². The molecule has 0 saturated carbocycles. The Hall–Kier alpha value is -2.48. The second-order valence-electron chi connectivity index (χ2n) is 5.89. The van der Waals surface area contributed by atoms with E-state index < -0.39 is 10.0 Å². The maximum atomic E-state index is 12.7. The predicted molar refractivity (Wildman–Crippen MR) is 110 cm³/mol. The summed E-state index contributed by atoms with van der Waals surface area (Å²) < 4.78 is 28.1. The van der Waals surface area contributed by atoms with E-state index >= 15 is 0 Å². The van der Waals surface area contributed by atoms with Crippen molar-refractivity contribution in [1.29, 1.82) is 0 Å². The molecular weight excluding hydrogens is 402 g/mol. The summed E-state index contributed by atoms with van der Waals surface area (Å²) in [5, 5.41) is 1.16. The molecule has 0 amide bonds. The topological polar surface area (TPSA) is 72.0 Å². The van der Waals surface area contributed by atoms with Crippen LogP contribution >= 0.6 is 22.9 Å². The highest BCUT2D eigenvalue weighted by Gasteiger charge is 2.18. The highest BCUT2D eigenvalue weighted by Crippen LogP contribution is 2.34. The molecule has 0 fully saturated rings. The number of sulfonamides is 1. The summed E-state index contributed by atoms with van der Waals surface area (Å²) in [6.45, 7) is 1.87. The van der Waals surface area contributed by atoms with E-state index in [1.54, 1.807) is 30.5 Å². The van der Waals surface area contributed by atoms with Crippen molar-refractivity contribution < 1.29 is 8.42 Å². The number of thiazole rings is 1. The number of nitrogens with one attached hydrogen (secondary N) is 1. The van der Waals surface area contributed by atoms with Gasteiger partial charge < -0.3 is 0 Å². The molecule has 0 aliphatic carbocycles. The number of anilines is 1. The molecule has 2 aromatic heterocycles. The number of rotatable bonds is 4. The summed E-state index contributed by atoms with van der Waals surface area (Å²) in [4.78, 5) is 9.89. The van der Waals surface area contributed by atoms with Crippen molar-refractivity contribution in [2.45, 2.75) is 11.8 Å². The largest absolute Gasteiger partial charge is 0.279 e. The summed E-state index contributed by atoms with van der Waals surface area (Å²) in [6, 6.07) is 15.4. The van der Waals surface area contributed by atoms with Crippen molar-refractivity contribution in [1.82, 2.24) is 9.97 Å². The van der Waals surface area contributed by atoms with Crippen molar-refractivity contribution in [2.75, 3.05) is 4.72 Å². The van der Waals surface area contributed by atoms with Crippen LogP contribution in [0.2, 0.25) is 5.02 Å². The van der Waals surface area contributed by atoms with Gasteiger partial charge in [0.05, 0.1) is 10.6 Å². The molecule has 2 heterocycles. The predicted octanol–water partition coefficient (Wildman–Crippen LogP) is 5.12. The fourth-order valence-corrected chi connectivity index (χ4v) is 5.11. The summed E-state index contributed by atoms with van der Waals surface area (Å²) in [7, 11) is -3.75. The summed E-state index contributed by atoms with van der Waals surface area (Å²) in [6.07, 6.45) is 1.73. The van der Waals surface area contributed by atoms with Crippen LogP contribution < -0.4 is 4.72 Å². The molecule has 2 aromatic carbocycles. The summed E-state index contributed by atoms with van der Waals surface area (Å²) in [5.41, 5.74) is 2.98. The minimum Gasteiger partial charge on any atom is -0.279 e. The van der Waals surface area contributed by atoms with Crippen LogP contribution in [-0.2, 0) is 10.0 Å². The maximum Gasteiger partial charge on any atom is 0.261 e. The summed E-state index contributed by atoms with van der Waals surface area (Å²) >= 11 is 7.40. The molecule has 0 atom stereocenters. The number of hydrogen-bond donors (Lipinski definition) is 1. The Balaban J connectivity index is 1.74. The molecule has 0 aliphatic heterocycles. The smallest absolute Gasteiger partial charge is 0.261 e. The van der Waals surface area contributed by atoms with E-state index in [0.717, 1.165) is 26.5 Å².